The first-order valence-electron chi connectivity index (χ1n) is 10.8. The number of rotatable bonds is 10. The minimum atomic E-state index is -0.317. The van der Waals surface area contributed by atoms with Crippen LogP contribution in [0.3, 0.4) is 0 Å². The van der Waals surface area contributed by atoms with Crippen molar-refractivity contribution in [2.75, 3.05) is 19.1 Å². The third-order valence-corrected chi connectivity index (χ3v) is 5.41. The van der Waals surface area contributed by atoms with Crippen LogP contribution in [0.15, 0.2) is 66.7 Å². The molecule has 4 aromatic rings. The molecule has 0 aliphatic rings. The van der Waals surface area contributed by atoms with Crippen LogP contribution in [0, 0.1) is 10.6 Å². The van der Waals surface area contributed by atoms with Crippen molar-refractivity contribution in [1.82, 2.24) is 14.9 Å². The molecule has 2 N–H and O–H groups in total. The van der Waals surface area contributed by atoms with Gasteiger partial charge in [0.2, 0.25) is 4.77 Å². The second-order valence-electron chi connectivity index (χ2n) is 7.28. The highest BCUT2D eigenvalue weighted by atomic mass is 32.1. The molecule has 0 aliphatic heterocycles. The number of hydrogen-bond acceptors (Lipinski definition) is 6. The Bertz CT molecular complexity index is 1320. The molecular formula is C25H25FN4O3S. The fourth-order valence-electron chi connectivity index (χ4n) is 3.52. The maximum absolute atomic E-state index is 14.1. The number of aromatic nitrogens is 3. The van der Waals surface area contributed by atoms with Crippen LogP contribution in [0.2, 0.25) is 0 Å². The molecule has 176 valence electrons. The van der Waals surface area contributed by atoms with Crippen LogP contribution >= 0.6 is 12.2 Å². The molecule has 0 atom stereocenters. The van der Waals surface area contributed by atoms with Gasteiger partial charge in [-0.05, 0) is 43.4 Å². The number of nitrogens with zero attached hydrogens (tertiary/aromatic N) is 2. The predicted molar refractivity (Wildman–Crippen MR) is 131 cm³/mol. The standard InChI is InChI=1S/C25H25FN4O3S/c1-3-32-22-14-8-10-17(23(22)33-16-18-9-4-6-12-20(18)26)15-27-30-24(28-29-25(30)34)19-11-5-7-13-21(19)31-2/h4-14,27H,3,15-16H2,1-2H3,(H,29,34). The molecule has 0 saturated heterocycles. The van der Waals surface area contributed by atoms with Crippen LogP contribution in [0.25, 0.3) is 11.4 Å². The van der Waals surface area contributed by atoms with Crippen LogP contribution in [0.5, 0.6) is 17.2 Å². The lowest BCUT2D eigenvalue weighted by atomic mass is 10.1. The van der Waals surface area contributed by atoms with Gasteiger partial charge in [-0.3, -0.25) is 0 Å². The average Bonchev–Trinajstić information content (AvgIpc) is 3.23. The number of benzene rings is 3. The lowest BCUT2D eigenvalue weighted by Gasteiger charge is -2.18. The number of ether oxygens (including phenoxy) is 3. The van der Waals surface area contributed by atoms with E-state index in [9.17, 15) is 4.39 Å². The summed E-state index contributed by atoms with van der Waals surface area (Å²) in [7, 11) is 1.61. The van der Waals surface area contributed by atoms with Crippen molar-refractivity contribution in [2.24, 2.45) is 0 Å². The molecule has 3 aromatic carbocycles. The van der Waals surface area contributed by atoms with Crippen molar-refractivity contribution in [1.29, 1.82) is 0 Å². The number of aromatic amines is 1. The highest BCUT2D eigenvalue weighted by Crippen LogP contribution is 2.33. The molecule has 1 heterocycles. The second-order valence-corrected chi connectivity index (χ2v) is 7.67. The van der Waals surface area contributed by atoms with Gasteiger partial charge in [0.05, 0.1) is 25.8 Å². The zero-order valence-electron chi connectivity index (χ0n) is 18.9. The number of methoxy groups -OCH3 is 1. The summed E-state index contributed by atoms with van der Waals surface area (Å²) in [6.45, 7) is 2.79. The van der Waals surface area contributed by atoms with Gasteiger partial charge in [-0.1, -0.05) is 42.5 Å². The van der Waals surface area contributed by atoms with Crippen LogP contribution < -0.4 is 19.6 Å². The molecule has 7 nitrogen and oxygen atoms in total. The van der Waals surface area contributed by atoms with Gasteiger partial charge in [-0.25, -0.2) is 14.2 Å². The van der Waals surface area contributed by atoms with E-state index in [0.29, 0.717) is 46.6 Å². The Hall–Kier alpha value is -3.85. The Morgan fingerprint density at radius 1 is 0.971 bits per heavy atom. The number of para-hydroxylation sites is 2. The molecule has 0 saturated carbocycles. The SMILES string of the molecule is CCOc1cccc(CNn2c(-c3ccccc3OC)n[nH]c2=S)c1OCc1ccccc1F. The van der Waals surface area contributed by atoms with Crippen LogP contribution in [-0.2, 0) is 13.2 Å². The highest BCUT2D eigenvalue weighted by Gasteiger charge is 2.16. The van der Waals surface area contributed by atoms with Crippen molar-refractivity contribution in [2.45, 2.75) is 20.1 Å². The maximum atomic E-state index is 14.1. The number of H-pyrrole nitrogens is 1. The Morgan fingerprint density at radius 3 is 2.50 bits per heavy atom. The molecular weight excluding hydrogens is 455 g/mol. The van der Waals surface area contributed by atoms with Gasteiger partial charge in [0.1, 0.15) is 18.2 Å². The normalized spacial score (nSPS) is 10.7. The van der Waals surface area contributed by atoms with E-state index in [2.05, 4.69) is 15.6 Å². The Kier molecular flexibility index (Phi) is 7.44. The van der Waals surface area contributed by atoms with Gasteiger partial charge in [-0.2, -0.15) is 5.10 Å². The molecule has 4 rings (SSSR count). The summed E-state index contributed by atoms with van der Waals surface area (Å²) < 4.78 is 33.5. The Balaban J connectivity index is 1.62. The molecule has 0 aliphatic carbocycles. The predicted octanol–water partition coefficient (Wildman–Crippen LogP) is 5.48. The van der Waals surface area contributed by atoms with Crippen LogP contribution in [0.4, 0.5) is 4.39 Å². The first-order chi connectivity index (χ1) is 16.6. The van der Waals surface area contributed by atoms with Gasteiger partial charge in [0, 0.05) is 11.1 Å². The summed E-state index contributed by atoms with van der Waals surface area (Å²) in [6.07, 6.45) is 0. The van der Waals surface area contributed by atoms with E-state index in [-0.39, 0.29) is 12.4 Å². The van der Waals surface area contributed by atoms with Gasteiger partial charge < -0.3 is 19.6 Å². The van der Waals surface area contributed by atoms with E-state index in [0.717, 1.165) is 11.1 Å². The number of halogens is 1. The fraction of sp³-hybridized carbons (Fsp3) is 0.200. The minimum absolute atomic E-state index is 0.0708. The van der Waals surface area contributed by atoms with Gasteiger partial charge >= 0.3 is 0 Å². The molecule has 1 aromatic heterocycles. The Labute approximate surface area is 202 Å². The topological polar surface area (TPSA) is 73.3 Å². The van der Waals surface area contributed by atoms with Gasteiger partial charge in [0.15, 0.2) is 17.3 Å². The number of nitrogens with one attached hydrogen (secondary N) is 2. The van der Waals surface area contributed by atoms with Crippen molar-refractivity contribution >= 4 is 12.2 Å². The van der Waals surface area contributed by atoms with E-state index in [1.165, 1.54) is 6.07 Å². The van der Waals surface area contributed by atoms with Gasteiger partial charge in [0.25, 0.3) is 0 Å². The molecule has 9 heteroatoms. The molecule has 0 spiro atoms. The lowest BCUT2D eigenvalue weighted by molar-refractivity contribution is 0.263. The van der Waals surface area contributed by atoms with Gasteiger partial charge in [-0.15, -0.1) is 0 Å². The largest absolute Gasteiger partial charge is 0.496 e. The van der Waals surface area contributed by atoms with Crippen molar-refractivity contribution < 1.29 is 18.6 Å². The molecule has 0 unspecified atom stereocenters. The second kappa shape index (κ2) is 10.8. The summed E-state index contributed by atoms with van der Waals surface area (Å²) in [6, 6.07) is 19.7. The van der Waals surface area contributed by atoms with Crippen LogP contribution in [-0.4, -0.2) is 28.6 Å². The maximum Gasteiger partial charge on any atom is 0.214 e. The Morgan fingerprint density at radius 2 is 1.71 bits per heavy atom. The summed E-state index contributed by atoms with van der Waals surface area (Å²) in [5.74, 6) is 2.05. The van der Waals surface area contributed by atoms with E-state index in [1.807, 2.05) is 49.4 Å². The quantitative estimate of drug-likeness (QED) is 0.293. The molecule has 0 amide bonds. The lowest BCUT2D eigenvalue weighted by Crippen LogP contribution is -2.17. The molecule has 0 radical (unpaired) electrons. The average molecular weight is 481 g/mol. The zero-order valence-corrected chi connectivity index (χ0v) is 19.7. The van der Waals surface area contributed by atoms with Crippen LogP contribution in [0.1, 0.15) is 18.1 Å². The summed E-state index contributed by atoms with van der Waals surface area (Å²) in [5.41, 5.74) is 5.36. The number of hydrogen-bond donors (Lipinski definition) is 2. The fourth-order valence-corrected chi connectivity index (χ4v) is 3.71. The molecule has 0 bridgehead atoms. The zero-order chi connectivity index (χ0) is 23.9. The summed E-state index contributed by atoms with van der Waals surface area (Å²) in [5, 5.41) is 7.19. The smallest absolute Gasteiger partial charge is 0.214 e. The monoisotopic (exact) mass is 480 g/mol. The van der Waals surface area contributed by atoms with E-state index < -0.39 is 0 Å². The van der Waals surface area contributed by atoms with E-state index in [1.54, 1.807) is 30.0 Å². The third kappa shape index (κ3) is 5.04. The third-order valence-electron chi connectivity index (χ3n) is 5.14. The van der Waals surface area contributed by atoms with E-state index in [4.69, 9.17) is 26.4 Å². The summed E-state index contributed by atoms with van der Waals surface area (Å²) >= 11 is 5.44. The van der Waals surface area contributed by atoms with Crippen molar-refractivity contribution in [3.8, 4) is 28.6 Å². The first kappa shape index (κ1) is 23.3. The highest BCUT2D eigenvalue weighted by molar-refractivity contribution is 7.71. The molecule has 34 heavy (non-hydrogen) atoms. The first-order valence-corrected chi connectivity index (χ1v) is 11.2. The van der Waals surface area contributed by atoms with E-state index >= 15 is 0 Å². The summed E-state index contributed by atoms with van der Waals surface area (Å²) in [4.78, 5) is 0. The molecule has 0 fully saturated rings. The minimum Gasteiger partial charge on any atom is -0.496 e. The van der Waals surface area contributed by atoms with Crippen molar-refractivity contribution in [3.63, 3.8) is 0 Å². The van der Waals surface area contributed by atoms with Crippen molar-refractivity contribution in [3.05, 3.63) is 88.4 Å².